The Morgan fingerprint density at radius 1 is 0.600 bits per heavy atom. The Labute approximate surface area is 413 Å². The molecule has 11 rings (SSSR count). The number of nitrogens with zero attached hydrogens (tertiary/aromatic N) is 3. The van der Waals surface area contributed by atoms with Crippen LogP contribution in [0.15, 0.2) is 168 Å². The number of para-hydroxylation sites is 1. The molecule has 7 aromatic carbocycles. The number of furan rings is 1. The van der Waals surface area contributed by atoms with Crippen molar-refractivity contribution in [3.63, 3.8) is 0 Å². The third kappa shape index (κ3) is 7.49. The van der Waals surface area contributed by atoms with E-state index in [0.717, 1.165) is 84.9 Å². The molecule has 1 aliphatic heterocycles. The summed E-state index contributed by atoms with van der Waals surface area (Å²) in [6.07, 6.45) is 7.59. The number of hydrogen-bond donors (Lipinski definition) is 0. The maximum absolute atomic E-state index is 7.64. The van der Waals surface area contributed by atoms with Crippen LogP contribution in [0.25, 0.3) is 78.4 Å². The van der Waals surface area contributed by atoms with Gasteiger partial charge in [-0.2, -0.15) is 0 Å². The van der Waals surface area contributed by atoms with Gasteiger partial charge in [-0.05, 0) is 136 Å². The topological polar surface area (TPSA) is 52.0 Å². The SMILES string of the molecule is CC=CC(=CC)C1Cc2cc3oc4ccccc4c3cc2-c2cc(-c3cc(C(C)(C)C)cc4c3Oc3c(-c5nc(-c6ccccc6)[n+](C)c(-c6ccccc6)n5)cc(C(C)(C)C)cc3C4(C)C)ccc21. The lowest BCUT2D eigenvalue weighted by atomic mass is 9.70. The minimum atomic E-state index is -0.466. The first-order valence-corrected chi connectivity index (χ1v) is 24.9. The van der Waals surface area contributed by atoms with Crippen LogP contribution < -0.4 is 9.30 Å². The fraction of sp³-hybridized carbons (Fsp3) is 0.246. The first-order chi connectivity index (χ1) is 33.5. The molecule has 70 heavy (non-hydrogen) atoms. The molecule has 3 heterocycles. The Balaban J connectivity index is 1.17. The van der Waals surface area contributed by atoms with Gasteiger partial charge in [-0.3, -0.25) is 0 Å². The summed E-state index contributed by atoms with van der Waals surface area (Å²) in [7, 11) is 2.06. The molecule has 0 saturated carbocycles. The number of benzene rings is 7. The molecule has 5 heteroatoms. The summed E-state index contributed by atoms with van der Waals surface area (Å²) in [6, 6.07) is 50.5. The molecule has 0 saturated heterocycles. The van der Waals surface area contributed by atoms with Crippen molar-refractivity contribution in [2.75, 3.05) is 0 Å². The molecule has 0 spiro atoms. The van der Waals surface area contributed by atoms with Crippen LogP contribution in [0, 0.1) is 0 Å². The van der Waals surface area contributed by atoms with Crippen molar-refractivity contribution in [2.45, 2.75) is 97.8 Å². The van der Waals surface area contributed by atoms with Crippen molar-refractivity contribution in [3.8, 4) is 67.9 Å². The van der Waals surface area contributed by atoms with E-state index in [0.29, 0.717) is 5.82 Å². The van der Waals surface area contributed by atoms with E-state index >= 15 is 0 Å². The quantitative estimate of drug-likeness (QED) is 0.123. The average molecular weight is 917 g/mol. The fourth-order valence-electron chi connectivity index (χ4n) is 10.9. The van der Waals surface area contributed by atoms with Gasteiger partial charge in [0.15, 0.2) is 0 Å². The van der Waals surface area contributed by atoms with E-state index < -0.39 is 5.41 Å². The zero-order valence-electron chi connectivity index (χ0n) is 42.5. The number of aromatic nitrogens is 3. The van der Waals surface area contributed by atoms with Crippen molar-refractivity contribution in [2.24, 2.45) is 7.05 Å². The Morgan fingerprint density at radius 2 is 1.19 bits per heavy atom. The van der Waals surface area contributed by atoms with Gasteiger partial charge in [0, 0.05) is 38.8 Å². The molecular formula is C65H62N3O2+. The third-order valence-electron chi connectivity index (χ3n) is 15.0. The fourth-order valence-corrected chi connectivity index (χ4v) is 10.9. The standard InChI is InChI=1S/C65H62N3O2/c1-12-22-39(13-2)48-32-43-33-57-52(47-27-20-21-28-56(47)69-57)38-49(43)51-31-42(29-30-46(48)51)50-34-44(63(3,4)5)36-54-58(50)70-59-53(35-45(64(6,7)8)37-55(59)65(54,9)10)60-66-61(40-23-16-14-17-24-40)68(11)62(67-60)41-25-18-15-19-26-41/h12-31,33-38,48H,32H2,1-11H3/q+1. The number of allylic oxidation sites excluding steroid dienone is 4. The highest BCUT2D eigenvalue weighted by Gasteiger charge is 2.41. The minimum absolute atomic E-state index is 0.138. The summed E-state index contributed by atoms with van der Waals surface area (Å²) in [5.74, 6) is 4.13. The summed E-state index contributed by atoms with van der Waals surface area (Å²) in [4.78, 5) is 10.9. The van der Waals surface area contributed by atoms with E-state index in [1.807, 2.05) is 12.1 Å². The van der Waals surface area contributed by atoms with Gasteiger partial charge in [-0.1, -0.05) is 162 Å². The summed E-state index contributed by atoms with van der Waals surface area (Å²) in [5, 5.41) is 2.28. The lowest BCUT2D eigenvalue weighted by Gasteiger charge is -2.39. The average Bonchev–Trinajstić information content (AvgIpc) is 3.71. The van der Waals surface area contributed by atoms with E-state index in [2.05, 4.69) is 226 Å². The van der Waals surface area contributed by atoms with Crippen LogP contribution in [-0.4, -0.2) is 9.97 Å². The number of fused-ring (bicyclic) bond motifs is 8. The maximum atomic E-state index is 7.64. The van der Waals surface area contributed by atoms with Gasteiger partial charge in [-0.15, -0.1) is 0 Å². The molecular weight excluding hydrogens is 855 g/mol. The first-order valence-electron chi connectivity index (χ1n) is 24.9. The predicted octanol–water partition coefficient (Wildman–Crippen LogP) is 16.7. The molecule has 1 unspecified atom stereocenters. The first kappa shape index (κ1) is 45.1. The van der Waals surface area contributed by atoms with Crippen molar-refractivity contribution < 1.29 is 13.7 Å². The minimum Gasteiger partial charge on any atom is -0.456 e. The Bertz CT molecular complexity index is 3550. The Kier molecular flexibility index (Phi) is 10.7. The van der Waals surface area contributed by atoms with Crippen LogP contribution in [0.2, 0.25) is 0 Å². The Hall–Kier alpha value is -7.37. The molecule has 0 N–H and O–H groups in total. The van der Waals surface area contributed by atoms with E-state index in [1.54, 1.807) is 0 Å². The summed E-state index contributed by atoms with van der Waals surface area (Å²) >= 11 is 0. The molecule has 0 amide bonds. The monoisotopic (exact) mass is 916 g/mol. The zero-order valence-corrected chi connectivity index (χ0v) is 42.5. The van der Waals surface area contributed by atoms with Crippen LogP contribution in [0.4, 0.5) is 0 Å². The number of hydrogen-bond acceptors (Lipinski definition) is 4. The van der Waals surface area contributed by atoms with Crippen molar-refractivity contribution in [1.82, 2.24) is 9.97 Å². The summed E-state index contributed by atoms with van der Waals surface area (Å²) < 4.78 is 16.2. The van der Waals surface area contributed by atoms with Crippen LogP contribution >= 0.6 is 0 Å². The molecule has 9 aromatic rings. The van der Waals surface area contributed by atoms with Crippen LogP contribution in [0.5, 0.6) is 11.5 Å². The second-order valence-corrected chi connectivity index (χ2v) is 22.0. The van der Waals surface area contributed by atoms with E-state index in [9.17, 15) is 0 Å². The second-order valence-electron chi connectivity index (χ2n) is 22.0. The highest BCUT2D eigenvalue weighted by Crippen LogP contribution is 2.57. The van der Waals surface area contributed by atoms with Gasteiger partial charge in [0.05, 0.1) is 23.7 Å². The summed E-state index contributed by atoms with van der Waals surface area (Å²) in [5.41, 5.74) is 17.4. The lowest BCUT2D eigenvalue weighted by Crippen LogP contribution is -2.37. The van der Waals surface area contributed by atoms with Crippen molar-refractivity contribution >= 4 is 21.9 Å². The van der Waals surface area contributed by atoms with Crippen LogP contribution in [0.3, 0.4) is 0 Å². The molecule has 0 radical (unpaired) electrons. The molecule has 2 aromatic heterocycles. The van der Waals surface area contributed by atoms with Gasteiger partial charge in [0.1, 0.15) is 22.7 Å². The number of rotatable bonds is 6. The smallest absolute Gasteiger partial charge is 0.312 e. The number of ether oxygens (including phenoxy) is 1. The van der Waals surface area contributed by atoms with Crippen molar-refractivity contribution in [1.29, 1.82) is 0 Å². The molecule has 2 aliphatic rings. The van der Waals surface area contributed by atoms with Crippen molar-refractivity contribution in [3.05, 3.63) is 197 Å². The molecule has 348 valence electrons. The molecule has 0 fully saturated rings. The van der Waals surface area contributed by atoms with Crippen LogP contribution in [0.1, 0.15) is 109 Å². The van der Waals surface area contributed by atoms with Gasteiger partial charge >= 0.3 is 5.82 Å². The third-order valence-corrected chi connectivity index (χ3v) is 15.0. The van der Waals surface area contributed by atoms with E-state index in [1.165, 1.54) is 44.5 Å². The highest BCUT2D eigenvalue weighted by atomic mass is 16.5. The molecule has 0 bridgehead atoms. The van der Waals surface area contributed by atoms with Gasteiger partial charge in [0.25, 0.3) is 11.6 Å². The second kappa shape index (κ2) is 16.7. The normalized spacial score (nSPS) is 15.4. The van der Waals surface area contributed by atoms with Gasteiger partial charge < -0.3 is 9.15 Å². The van der Waals surface area contributed by atoms with E-state index in [-0.39, 0.29) is 16.7 Å². The highest BCUT2D eigenvalue weighted by molar-refractivity contribution is 6.07. The summed E-state index contributed by atoms with van der Waals surface area (Å²) in [6.45, 7) is 22.8. The molecule has 5 nitrogen and oxygen atoms in total. The molecule has 1 aliphatic carbocycles. The maximum Gasteiger partial charge on any atom is 0.312 e. The van der Waals surface area contributed by atoms with Gasteiger partial charge in [-0.25, -0.2) is 4.57 Å². The Morgan fingerprint density at radius 3 is 1.79 bits per heavy atom. The molecule has 1 atom stereocenters. The largest absolute Gasteiger partial charge is 0.456 e. The van der Waals surface area contributed by atoms with Crippen LogP contribution in [-0.2, 0) is 29.7 Å². The lowest BCUT2D eigenvalue weighted by molar-refractivity contribution is -0.654. The van der Waals surface area contributed by atoms with E-state index in [4.69, 9.17) is 19.1 Å². The predicted molar refractivity (Wildman–Crippen MR) is 289 cm³/mol. The zero-order chi connectivity index (χ0) is 48.9. The van der Waals surface area contributed by atoms with Gasteiger partial charge in [0.2, 0.25) is 0 Å².